The molecular formula is C8H9N3. The highest BCUT2D eigenvalue weighted by atomic mass is 14.9. The van der Waals surface area contributed by atoms with E-state index in [1.807, 2.05) is 13.8 Å². The summed E-state index contributed by atoms with van der Waals surface area (Å²) in [7, 11) is 0. The predicted molar refractivity (Wildman–Crippen MR) is 43.4 cm³/mol. The zero-order chi connectivity index (χ0) is 7.84. The van der Waals surface area contributed by atoms with E-state index in [9.17, 15) is 0 Å². The van der Waals surface area contributed by atoms with Gasteiger partial charge in [0.05, 0.1) is 5.69 Å². The highest BCUT2D eigenvalue weighted by molar-refractivity contribution is 5.78. The average molecular weight is 147 g/mol. The van der Waals surface area contributed by atoms with Crippen LogP contribution in [0.1, 0.15) is 11.4 Å². The molecule has 0 atom stereocenters. The van der Waals surface area contributed by atoms with Gasteiger partial charge in [0.25, 0.3) is 0 Å². The highest BCUT2D eigenvalue weighted by Gasteiger charge is 2.00. The van der Waals surface area contributed by atoms with Gasteiger partial charge in [-0.15, -0.1) is 0 Å². The molecule has 0 spiro atoms. The maximum atomic E-state index is 4.10. The number of nitrogens with zero attached hydrogens (tertiary/aromatic N) is 2. The lowest BCUT2D eigenvalue weighted by Crippen LogP contribution is -1.83. The number of aromatic amines is 1. The minimum Gasteiger partial charge on any atom is -0.343 e. The minimum atomic E-state index is 0.926. The summed E-state index contributed by atoms with van der Waals surface area (Å²) in [6, 6.07) is 2.06. The third kappa shape index (κ3) is 0.888. The Morgan fingerprint density at radius 2 is 2.09 bits per heavy atom. The van der Waals surface area contributed by atoms with Crippen LogP contribution in [0, 0.1) is 13.8 Å². The van der Waals surface area contributed by atoms with Crippen LogP contribution in [0.5, 0.6) is 0 Å². The molecule has 0 fully saturated rings. The van der Waals surface area contributed by atoms with Crippen LogP contribution in [-0.4, -0.2) is 15.0 Å². The van der Waals surface area contributed by atoms with E-state index in [0.29, 0.717) is 0 Å². The van der Waals surface area contributed by atoms with E-state index in [4.69, 9.17) is 0 Å². The lowest BCUT2D eigenvalue weighted by atomic mass is 10.3. The van der Waals surface area contributed by atoms with Crippen molar-refractivity contribution in [1.29, 1.82) is 0 Å². The summed E-state index contributed by atoms with van der Waals surface area (Å²) in [4.78, 5) is 11.3. The van der Waals surface area contributed by atoms with Crippen LogP contribution in [0.3, 0.4) is 0 Å². The molecule has 0 bridgehead atoms. The Morgan fingerprint density at radius 3 is 2.82 bits per heavy atom. The molecule has 0 radical (unpaired) electrons. The first-order valence-electron chi connectivity index (χ1n) is 3.54. The maximum Gasteiger partial charge on any atom is 0.141 e. The van der Waals surface area contributed by atoms with Crippen LogP contribution in [0.25, 0.3) is 11.0 Å². The second-order valence-corrected chi connectivity index (χ2v) is 2.67. The molecule has 2 rings (SSSR count). The SMILES string of the molecule is Cc1cc2c(C)ncnc2[nH]1. The first-order chi connectivity index (χ1) is 5.27. The van der Waals surface area contributed by atoms with Gasteiger partial charge in [-0.1, -0.05) is 0 Å². The molecule has 11 heavy (non-hydrogen) atoms. The van der Waals surface area contributed by atoms with E-state index in [1.54, 1.807) is 6.33 Å². The highest BCUT2D eigenvalue weighted by Crippen LogP contribution is 2.13. The van der Waals surface area contributed by atoms with Crippen LogP contribution in [0.2, 0.25) is 0 Å². The van der Waals surface area contributed by atoms with Gasteiger partial charge in [-0.25, -0.2) is 9.97 Å². The molecule has 0 saturated carbocycles. The van der Waals surface area contributed by atoms with E-state index in [0.717, 1.165) is 22.4 Å². The van der Waals surface area contributed by atoms with Crippen molar-refractivity contribution in [2.75, 3.05) is 0 Å². The molecule has 56 valence electrons. The topological polar surface area (TPSA) is 41.6 Å². The van der Waals surface area contributed by atoms with Crippen molar-refractivity contribution in [3.8, 4) is 0 Å². The zero-order valence-corrected chi connectivity index (χ0v) is 6.55. The normalized spacial score (nSPS) is 10.7. The predicted octanol–water partition coefficient (Wildman–Crippen LogP) is 1.57. The van der Waals surface area contributed by atoms with Gasteiger partial charge in [0.1, 0.15) is 12.0 Å². The Morgan fingerprint density at radius 1 is 1.27 bits per heavy atom. The molecule has 0 aliphatic carbocycles. The van der Waals surface area contributed by atoms with Crippen LogP contribution in [-0.2, 0) is 0 Å². The number of aryl methyl sites for hydroxylation is 2. The quantitative estimate of drug-likeness (QED) is 0.614. The second kappa shape index (κ2) is 2.05. The molecule has 0 aliphatic rings. The molecule has 0 saturated heterocycles. The summed E-state index contributed by atoms with van der Waals surface area (Å²) >= 11 is 0. The monoisotopic (exact) mass is 147 g/mol. The molecule has 2 heterocycles. The van der Waals surface area contributed by atoms with Gasteiger partial charge < -0.3 is 4.98 Å². The number of hydrogen-bond acceptors (Lipinski definition) is 2. The van der Waals surface area contributed by atoms with Crippen molar-refractivity contribution in [3.05, 3.63) is 23.8 Å². The number of nitrogens with one attached hydrogen (secondary N) is 1. The van der Waals surface area contributed by atoms with Crippen LogP contribution < -0.4 is 0 Å². The third-order valence-electron chi connectivity index (χ3n) is 1.76. The Bertz CT molecular complexity index is 389. The van der Waals surface area contributed by atoms with Gasteiger partial charge in [0.15, 0.2) is 0 Å². The number of H-pyrrole nitrogens is 1. The number of fused-ring (bicyclic) bond motifs is 1. The van der Waals surface area contributed by atoms with Crippen molar-refractivity contribution in [1.82, 2.24) is 15.0 Å². The smallest absolute Gasteiger partial charge is 0.141 e. The summed E-state index contributed by atoms with van der Waals surface area (Å²) in [5.74, 6) is 0. The number of hydrogen-bond donors (Lipinski definition) is 1. The molecule has 3 heteroatoms. The van der Waals surface area contributed by atoms with Gasteiger partial charge in [0, 0.05) is 11.1 Å². The fraction of sp³-hybridized carbons (Fsp3) is 0.250. The lowest BCUT2D eigenvalue weighted by Gasteiger charge is -1.90. The van der Waals surface area contributed by atoms with Gasteiger partial charge in [-0.3, -0.25) is 0 Å². The van der Waals surface area contributed by atoms with E-state index >= 15 is 0 Å². The molecule has 0 unspecified atom stereocenters. The molecule has 1 N–H and O–H groups in total. The fourth-order valence-corrected chi connectivity index (χ4v) is 1.20. The number of aromatic nitrogens is 3. The first-order valence-corrected chi connectivity index (χ1v) is 3.54. The van der Waals surface area contributed by atoms with E-state index < -0.39 is 0 Å². The first kappa shape index (κ1) is 6.34. The molecule has 2 aromatic heterocycles. The third-order valence-corrected chi connectivity index (χ3v) is 1.76. The summed E-state index contributed by atoms with van der Waals surface area (Å²) in [5.41, 5.74) is 3.08. The van der Waals surface area contributed by atoms with Crippen LogP contribution in [0.4, 0.5) is 0 Å². The molecular weight excluding hydrogens is 138 g/mol. The van der Waals surface area contributed by atoms with Gasteiger partial charge >= 0.3 is 0 Å². The second-order valence-electron chi connectivity index (χ2n) is 2.67. The standard InChI is InChI=1S/C8H9N3/c1-5-3-7-6(2)9-4-10-8(7)11-5/h3-4H,1-2H3,(H,9,10,11). The van der Waals surface area contributed by atoms with Gasteiger partial charge in [0.2, 0.25) is 0 Å². The molecule has 0 aliphatic heterocycles. The van der Waals surface area contributed by atoms with Crippen LogP contribution in [0.15, 0.2) is 12.4 Å². The lowest BCUT2D eigenvalue weighted by molar-refractivity contribution is 1.14. The van der Waals surface area contributed by atoms with Gasteiger partial charge in [-0.05, 0) is 19.9 Å². The van der Waals surface area contributed by atoms with Crippen molar-refractivity contribution >= 4 is 11.0 Å². The Kier molecular flexibility index (Phi) is 1.18. The largest absolute Gasteiger partial charge is 0.343 e. The van der Waals surface area contributed by atoms with Gasteiger partial charge in [-0.2, -0.15) is 0 Å². The van der Waals surface area contributed by atoms with Crippen molar-refractivity contribution in [3.63, 3.8) is 0 Å². The summed E-state index contributed by atoms with van der Waals surface area (Å²) in [5, 5.41) is 1.12. The maximum absolute atomic E-state index is 4.10. The summed E-state index contributed by atoms with van der Waals surface area (Å²) < 4.78 is 0. The molecule has 3 nitrogen and oxygen atoms in total. The van der Waals surface area contributed by atoms with E-state index in [-0.39, 0.29) is 0 Å². The summed E-state index contributed by atoms with van der Waals surface area (Å²) in [6.45, 7) is 4.00. The van der Waals surface area contributed by atoms with Crippen LogP contribution >= 0.6 is 0 Å². The Labute approximate surface area is 64.5 Å². The molecule has 2 aromatic rings. The van der Waals surface area contributed by atoms with Crippen molar-refractivity contribution in [2.24, 2.45) is 0 Å². The average Bonchev–Trinajstić information content (AvgIpc) is 2.31. The fourth-order valence-electron chi connectivity index (χ4n) is 1.20. The summed E-state index contributed by atoms with van der Waals surface area (Å²) in [6.07, 6.45) is 1.58. The van der Waals surface area contributed by atoms with E-state index in [2.05, 4.69) is 21.0 Å². The Balaban J connectivity index is 2.90. The molecule has 0 aromatic carbocycles. The van der Waals surface area contributed by atoms with Crippen molar-refractivity contribution < 1.29 is 0 Å². The zero-order valence-electron chi connectivity index (χ0n) is 6.55. The number of rotatable bonds is 0. The molecule has 0 amide bonds. The van der Waals surface area contributed by atoms with Crippen molar-refractivity contribution in [2.45, 2.75) is 13.8 Å². The Hall–Kier alpha value is -1.38. The van der Waals surface area contributed by atoms with E-state index in [1.165, 1.54) is 0 Å². The minimum absolute atomic E-state index is 0.926.